The highest BCUT2D eigenvalue weighted by molar-refractivity contribution is 6.11. The van der Waals surface area contributed by atoms with Gasteiger partial charge in [0.1, 0.15) is 11.4 Å². The molecular weight excluding hydrogens is 290 g/mol. The van der Waals surface area contributed by atoms with Gasteiger partial charge >= 0.3 is 0 Å². The standard InChI is InChI=1S/C18H17N3O2/c1-3-21-18-14(10-19-21)17(23-2)13-9-8-11-6-4-5-7-12(11)16(22)15(13)20-18/h4-7,10H,3,8-9H2,1-2H3. The summed E-state index contributed by atoms with van der Waals surface area (Å²) in [6.45, 7) is 2.70. The second-order valence-corrected chi connectivity index (χ2v) is 5.66. The highest BCUT2D eigenvalue weighted by Gasteiger charge is 2.27. The van der Waals surface area contributed by atoms with Crippen LogP contribution >= 0.6 is 0 Å². The van der Waals surface area contributed by atoms with Crippen molar-refractivity contribution < 1.29 is 9.53 Å². The van der Waals surface area contributed by atoms with Gasteiger partial charge in [-0.2, -0.15) is 5.10 Å². The van der Waals surface area contributed by atoms with Gasteiger partial charge < -0.3 is 4.74 Å². The summed E-state index contributed by atoms with van der Waals surface area (Å²) in [4.78, 5) is 17.7. The zero-order chi connectivity index (χ0) is 16.0. The van der Waals surface area contributed by atoms with Crippen molar-refractivity contribution in [2.24, 2.45) is 0 Å². The van der Waals surface area contributed by atoms with Crippen LogP contribution in [0.15, 0.2) is 30.5 Å². The second-order valence-electron chi connectivity index (χ2n) is 5.66. The van der Waals surface area contributed by atoms with Gasteiger partial charge in [-0.15, -0.1) is 0 Å². The molecular formula is C18H17N3O2. The number of carbonyl (C=O) groups is 1. The van der Waals surface area contributed by atoms with Crippen LogP contribution in [0.25, 0.3) is 11.0 Å². The summed E-state index contributed by atoms with van der Waals surface area (Å²) in [7, 11) is 1.64. The first-order chi connectivity index (χ1) is 11.2. The molecule has 1 aliphatic rings. The molecule has 0 fully saturated rings. The lowest BCUT2D eigenvalue weighted by atomic mass is 10.0. The van der Waals surface area contributed by atoms with Gasteiger partial charge in [-0.1, -0.05) is 24.3 Å². The van der Waals surface area contributed by atoms with Crippen molar-refractivity contribution in [1.82, 2.24) is 14.8 Å². The first-order valence-corrected chi connectivity index (χ1v) is 7.79. The van der Waals surface area contributed by atoms with Crippen molar-refractivity contribution in [3.63, 3.8) is 0 Å². The first-order valence-electron chi connectivity index (χ1n) is 7.79. The highest BCUT2D eigenvalue weighted by Crippen LogP contribution is 2.35. The van der Waals surface area contributed by atoms with Crippen LogP contribution < -0.4 is 4.74 Å². The van der Waals surface area contributed by atoms with Crippen molar-refractivity contribution >= 4 is 16.8 Å². The normalized spacial score (nSPS) is 13.6. The quantitative estimate of drug-likeness (QED) is 0.730. The summed E-state index contributed by atoms with van der Waals surface area (Å²) in [5, 5.41) is 5.22. The Balaban J connectivity index is 2.04. The fourth-order valence-corrected chi connectivity index (χ4v) is 3.33. The van der Waals surface area contributed by atoms with Crippen molar-refractivity contribution in [2.75, 3.05) is 7.11 Å². The number of hydrogen-bond donors (Lipinski definition) is 0. The molecule has 0 saturated carbocycles. The molecule has 0 saturated heterocycles. The number of nitrogens with zero attached hydrogens (tertiary/aromatic N) is 3. The molecule has 5 heteroatoms. The number of rotatable bonds is 2. The predicted octanol–water partition coefficient (Wildman–Crippen LogP) is 2.79. The van der Waals surface area contributed by atoms with Crippen molar-refractivity contribution in [3.8, 4) is 5.75 Å². The Morgan fingerprint density at radius 1 is 1.26 bits per heavy atom. The van der Waals surface area contributed by atoms with E-state index >= 15 is 0 Å². The SMILES string of the molecule is CCn1ncc2c(OC)c3c(nc21)C(=O)c1ccccc1CC3. The lowest BCUT2D eigenvalue weighted by Crippen LogP contribution is -2.10. The molecule has 0 aliphatic heterocycles. The topological polar surface area (TPSA) is 57.0 Å². The number of benzene rings is 1. The van der Waals surface area contributed by atoms with Crippen LogP contribution in [-0.4, -0.2) is 27.7 Å². The smallest absolute Gasteiger partial charge is 0.212 e. The summed E-state index contributed by atoms with van der Waals surface area (Å²) < 4.78 is 7.43. The number of hydrogen-bond acceptors (Lipinski definition) is 4. The van der Waals surface area contributed by atoms with Crippen LogP contribution in [0, 0.1) is 0 Å². The van der Waals surface area contributed by atoms with Crippen molar-refractivity contribution in [3.05, 3.63) is 52.8 Å². The number of carbonyl (C=O) groups excluding carboxylic acids is 1. The van der Waals surface area contributed by atoms with E-state index in [1.807, 2.05) is 31.2 Å². The van der Waals surface area contributed by atoms with Gasteiger partial charge in [0.15, 0.2) is 5.65 Å². The van der Waals surface area contributed by atoms with E-state index < -0.39 is 0 Å². The van der Waals surface area contributed by atoms with E-state index in [0.717, 1.165) is 40.7 Å². The fraction of sp³-hybridized carbons (Fsp3) is 0.278. The number of aromatic nitrogens is 3. The molecule has 1 aromatic carbocycles. The highest BCUT2D eigenvalue weighted by atomic mass is 16.5. The van der Waals surface area contributed by atoms with E-state index in [4.69, 9.17) is 4.74 Å². The van der Waals surface area contributed by atoms with Crippen LogP contribution in [0.5, 0.6) is 5.75 Å². The largest absolute Gasteiger partial charge is 0.496 e. The van der Waals surface area contributed by atoms with Crippen LogP contribution in [0.1, 0.15) is 34.1 Å². The van der Waals surface area contributed by atoms with E-state index in [9.17, 15) is 4.79 Å². The van der Waals surface area contributed by atoms with Gasteiger partial charge in [0, 0.05) is 17.7 Å². The molecule has 1 aliphatic carbocycles. The Labute approximate surface area is 133 Å². The van der Waals surface area contributed by atoms with E-state index in [1.165, 1.54) is 0 Å². The fourth-order valence-electron chi connectivity index (χ4n) is 3.33. The van der Waals surface area contributed by atoms with Crippen molar-refractivity contribution in [2.45, 2.75) is 26.3 Å². The van der Waals surface area contributed by atoms with E-state index in [-0.39, 0.29) is 5.78 Å². The van der Waals surface area contributed by atoms with Gasteiger partial charge in [0.25, 0.3) is 0 Å². The zero-order valence-electron chi connectivity index (χ0n) is 13.2. The molecule has 0 spiro atoms. The number of aryl methyl sites for hydroxylation is 2. The lowest BCUT2D eigenvalue weighted by Gasteiger charge is -2.12. The van der Waals surface area contributed by atoms with Gasteiger partial charge in [-0.25, -0.2) is 9.67 Å². The average molecular weight is 307 g/mol. The molecule has 0 bridgehead atoms. The third-order valence-electron chi connectivity index (χ3n) is 4.46. The third-order valence-corrected chi connectivity index (χ3v) is 4.46. The number of ether oxygens (including phenoxy) is 1. The molecule has 0 radical (unpaired) electrons. The maximum Gasteiger partial charge on any atom is 0.212 e. The molecule has 23 heavy (non-hydrogen) atoms. The van der Waals surface area contributed by atoms with Crippen LogP contribution in [0.3, 0.4) is 0 Å². The van der Waals surface area contributed by atoms with Crippen molar-refractivity contribution in [1.29, 1.82) is 0 Å². The van der Waals surface area contributed by atoms with E-state index in [2.05, 4.69) is 10.1 Å². The minimum Gasteiger partial charge on any atom is -0.496 e. The lowest BCUT2D eigenvalue weighted by molar-refractivity contribution is 0.103. The van der Waals surface area contributed by atoms with E-state index in [1.54, 1.807) is 18.0 Å². The zero-order valence-corrected chi connectivity index (χ0v) is 13.2. The van der Waals surface area contributed by atoms with Crippen LogP contribution in [0.4, 0.5) is 0 Å². The molecule has 2 heterocycles. The van der Waals surface area contributed by atoms with Crippen LogP contribution in [0.2, 0.25) is 0 Å². The molecule has 0 amide bonds. The Bertz CT molecular complexity index is 927. The van der Waals surface area contributed by atoms with Gasteiger partial charge in [-0.3, -0.25) is 4.79 Å². The summed E-state index contributed by atoms with van der Waals surface area (Å²) in [5.41, 5.74) is 3.89. The summed E-state index contributed by atoms with van der Waals surface area (Å²) in [6.07, 6.45) is 3.31. The molecule has 2 aromatic heterocycles. The molecule has 0 N–H and O–H groups in total. The summed E-state index contributed by atoms with van der Waals surface area (Å²) >= 11 is 0. The molecule has 5 nitrogen and oxygen atoms in total. The predicted molar refractivity (Wildman–Crippen MR) is 87.0 cm³/mol. The number of fused-ring (bicyclic) bond motifs is 3. The molecule has 0 unspecified atom stereocenters. The van der Waals surface area contributed by atoms with Gasteiger partial charge in [-0.05, 0) is 25.3 Å². The molecule has 0 atom stereocenters. The molecule has 116 valence electrons. The molecule has 4 rings (SSSR count). The number of pyridine rings is 1. The molecule has 3 aromatic rings. The van der Waals surface area contributed by atoms with E-state index in [0.29, 0.717) is 17.9 Å². The number of ketones is 1. The van der Waals surface area contributed by atoms with Gasteiger partial charge in [0.05, 0.1) is 18.7 Å². The monoisotopic (exact) mass is 307 g/mol. The second kappa shape index (κ2) is 5.19. The minimum atomic E-state index is -0.0304. The maximum atomic E-state index is 13.0. The first kappa shape index (κ1) is 13.9. The minimum absolute atomic E-state index is 0.0304. The Morgan fingerprint density at radius 2 is 2.09 bits per heavy atom. The Kier molecular flexibility index (Phi) is 3.15. The number of methoxy groups -OCH3 is 1. The Hall–Kier alpha value is -2.69. The summed E-state index contributed by atoms with van der Waals surface area (Å²) in [5.74, 6) is 0.697. The maximum absolute atomic E-state index is 13.0. The Morgan fingerprint density at radius 3 is 2.87 bits per heavy atom. The van der Waals surface area contributed by atoms with Crippen LogP contribution in [-0.2, 0) is 19.4 Å². The van der Waals surface area contributed by atoms with Gasteiger partial charge in [0.2, 0.25) is 5.78 Å². The summed E-state index contributed by atoms with van der Waals surface area (Å²) in [6, 6.07) is 7.76. The average Bonchev–Trinajstić information content (AvgIpc) is 2.94. The third kappa shape index (κ3) is 1.96.